The monoisotopic (exact) mass is 294 g/mol. The zero-order chi connectivity index (χ0) is 15.3. The molecule has 0 spiro atoms. The van der Waals surface area contributed by atoms with Gasteiger partial charge in [-0.3, -0.25) is 9.59 Å². The number of carbonyl (C=O) groups excluding carboxylic acids is 2. The molecule has 21 heavy (non-hydrogen) atoms. The van der Waals surface area contributed by atoms with Crippen molar-refractivity contribution in [3.63, 3.8) is 0 Å². The summed E-state index contributed by atoms with van der Waals surface area (Å²) in [6, 6.07) is 3.12. The minimum Gasteiger partial charge on any atom is -0.480 e. The lowest BCUT2D eigenvalue weighted by atomic mass is 9.97. The van der Waals surface area contributed by atoms with Gasteiger partial charge in [0.1, 0.15) is 5.54 Å². The molecule has 0 atom stereocenters. The van der Waals surface area contributed by atoms with Gasteiger partial charge in [0.15, 0.2) is 5.76 Å². The molecule has 0 unspecified atom stereocenters. The minimum atomic E-state index is -1.14. The summed E-state index contributed by atoms with van der Waals surface area (Å²) in [7, 11) is 0. The Morgan fingerprint density at radius 2 is 2.00 bits per heavy atom. The first-order valence-corrected chi connectivity index (χ1v) is 6.90. The number of nitrogens with one attached hydrogen (secondary N) is 2. The molecular formula is C14H18N2O5. The average molecular weight is 294 g/mol. The van der Waals surface area contributed by atoms with Gasteiger partial charge < -0.3 is 20.2 Å². The molecule has 7 nitrogen and oxygen atoms in total. The van der Waals surface area contributed by atoms with Crippen LogP contribution in [0.3, 0.4) is 0 Å². The van der Waals surface area contributed by atoms with Gasteiger partial charge in [0.2, 0.25) is 5.91 Å². The van der Waals surface area contributed by atoms with Gasteiger partial charge in [-0.05, 0) is 25.0 Å². The van der Waals surface area contributed by atoms with Crippen LogP contribution in [0.4, 0.5) is 0 Å². The summed E-state index contributed by atoms with van der Waals surface area (Å²) in [4.78, 5) is 34.7. The fourth-order valence-corrected chi connectivity index (χ4v) is 2.48. The largest absolute Gasteiger partial charge is 0.480 e. The summed E-state index contributed by atoms with van der Waals surface area (Å²) in [5, 5.41) is 14.4. The van der Waals surface area contributed by atoms with Gasteiger partial charge >= 0.3 is 5.97 Å². The van der Waals surface area contributed by atoms with Gasteiger partial charge in [0.05, 0.1) is 6.26 Å². The summed E-state index contributed by atoms with van der Waals surface area (Å²) in [5.74, 6) is -1.60. The smallest absolute Gasteiger partial charge is 0.329 e. The van der Waals surface area contributed by atoms with Gasteiger partial charge in [-0.15, -0.1) is 0 Å². The van der Waals surface area contributed by atoms with E-state index < -0.39 is 17.4 Å². The molecule has 7 heteroatoms. The molecule has 114 valence electrons. The summed E-state index contributed by atoms with van der Waals surface area (Å²) < 4.78 is 4.92. The number of hydrogen-bond donors (Lipinski definition) is 3. The maximum atomic E-state index is 11.8. The normalized spacial score (nSPS) is 16.4. The molecule has 0 saturated heterocycles. The fourth-order valence-electron chi connectivity index (χ4n) is 2.48. The summed E-state index contributed by atoms with van der Waals surface area (Å²) in [5.41, 5.74) is -1.14. The number of carboxylic acids is 1. The third-order valence-corrected chi connectivity index (χ3v) is 3.63. The van der Waals surface area contributed by atoms with Crippen LogP contribution in [0, 0.1) is 0 Å². The van der Waals surface area contributed by atoms with E-state index in [2.05, 4.69) is 10.6 Å². The molecule has 0 bridgehead atoms. The van der Waals surface area contributed by atoms with Gasteiger partial charge in [0.25, 0.3) is 5.91 Å². The number of amides is 2. The number of hydrogen-bond acceptors (Lipinski definition) is 4. The molecule has 0 aromatic carbocycles. The summed E-state index contributed by atoms with van der Waals surface area (Å²) >= 11 is 0. The zero-order valence-corrected chi connectivity index (χ0v) is 11.6. The van der Waals surface area contributed by atoms with Gasteiger partial charge in [-0.2, -0.15) is 0 Å². The molecule has 2 amide bonds. The average Bonchev–Trinajstić information content (AvgIpc) is 3.10. The molecule has 1 fully saturated rings. The lowest BCUT2D eigenvalue weighted by molar-refractivity contribution is -0.147. The lowest BCUT2D eigenvalue weighted by Gasteiger charge is -2.25. The van der Waals surface area contributed by atoms with E-state index in [0.717, 1.165) is 12.8 Å². The molecule has 0 aliphatic heterocycles. The van der Waals surface area contributed by atoms with E-state index in [1.807, 2.05) is 0 Å². The van der Waals surface area contributed by atoms with Crippen molar-refractivity contribution in [2.45, 2.75) is 37.6 Å². The highest BCUT2D eigenvalue weighted by atomic mass is 16.4. The zero-order valence-electron chi connectivity index (χ0n) is 11.6. The van der Waals surface area contributed by atoms with Gasteiger partial charge in [-0.1, -0.05) is 12.8 Å². The van der Waals surface area contributed by atoms with Crippen LogP contribution < -0.4 is 10.6 Å². The molecule has 1 aliphatic rings. The highest BCUT2D eigenvalue weighted by Crippen LogP contribution is 2.29. The number of carbonyl (C=O) groups is 3. The predicted octanol–water partition coefficient (Wildman–Crippen LogP) is 0.913. The second kappa shape index (κ2) is 6.43. The predicted molar refractivity (Wildman–Crippen MR) is 72.6 cm³/mol. The first-order chi connectivity index (χ1) is 10.0. The van der Waals surface area contributed by atoms with Gasteiger partial charge in [0, 0.05) is 13.0 Å². The number of aliphatic carboxylic acids is 1. The van der Waals surface area contributed by atoms with Crippen molar-refractivity contribution in [2.24, 2.45) is 0 Å². The maximum absolute atomic E-state index is 11.8. The van der Waals surface area contributed by atoms with Crippen molar-refractivity contribution in [1.82, 2.24) is 10.6 Å². The standard InChI is InChI=1S/C14H18N2O5/c17-11(16-14(13(19)20)6-1-2-7-14)5-8-15-12(18)10-4-3-9-21-10/h3-4,9H,1-2,5-8H2,(H,15,18)(H,16,17)(H,19,20). The number of rotatable bonds is 6. The highest BCUT2D eigenvalue weighted by molar-refractivity contribution is 5.92. The van der Waals surface area contributed by atoms with Crippen molar-refractivity contribution in [2.75, 3.05) is 6.54 Å². The Morgan fingerprint density at radius 3 is 2.57 bits per heavy atom. The highest BCUT2D eigenvalue weighted by Gasteiger charge is 2.42. The Hall–Kier alpha value is -2.31. The van der Waals surface area contributed by atoms with E-state index in [4.69, 9.17) is 4.42 Å². The van der Waals surface area contributed by atoms with E-state index in [9.17, 15) is 19.5 Å². The van der Waals surface area contributed by atoms with E-state index in [0.29, 0.717) is 12.8 Å². The molecule has 1 saturated carbocycles. The fraction of sp³-hybridized carbons (Fsp3) is 0.500. The molecule has 1 aromatic heterocycles. The molecule has 0 radical (unpaired) electrons. The first kappa shape index (κ1) is 15.1. The topological polar surface area (TPSA) is 109 Å². The number of carboxylic acid groups (broad SMARTS) is 1. The van der Waals surface area contributed by atoms with Crippen molar-refractivity contribution in [3.05, 3.63) is 24.2 Å². The van der Waals surface area contributed by atoms with Crippen LogP contribution in [0.15, 0.2) is 22.8 Å². The Labute approximate surface area is 121 Å². The van der Waals surface area contributed by atoms with Crippen LogP contribution in [0.25, 0.3) is 0 Å². The van der Waals surface area contributed by atoms with E-state index >= 15 is 0 Å². The lowest BCUT2D eigenvalue weighted by Crippen LogP contribution is -2.52. The first-order valence-electron chi connectivity index (χ1n) is 6.90. The second-order valence-corrected chi connectivity index (χ2v) is 5.13. The summed E-state index contributed by atoms with van der Waals surface area (Å²) in [6.45, 7) is 0.126. The Kier molecular flexibility index (Phi) is 4.62. The van der Waals surface area contributed by atoms with Crippen molar-refractivity contribution in [3.8, 4) is 0 Å². The van der Waals surface area contributed by atoms with Crippen LogP contribution in [0.2, 0.25) is 0 Å². The second-order valence-electron chi connectivity index (χ2n) is 5.13. The Morgan fingerprint density at radius 1 is 1.29 bits per heavy atom. The van der Waals surface area contributed by atoms with Crippen LogP contribution >= 0.6 is 0 Å². The van der Waals surface area contributed by atoms with E-state index in [1.54, 1.807) is 6.07 Å². The van der Waals surface area contributed by atoms with Crippen molar-refractivity contribution in [1.29, 1.82) is 0 Å². The molecule has 1 heterocycles. The molecule has 3 N–H and O–H groups in total. The third kappa shape index (κ3) is 3.62. The Bertz CT molecular complexity index is 517. The van der Waals surface area contributed by atoms with Gasteiger partial charge in [-0.25, -0.2) is 4.79 Å². The van der Waals surface area contributed by atoms with E-state index in [-0.39, 0.29) is 24.6 Å². The Balaban J connectivity index is 1.77. The van der Waals surface area contributed by atoms with Crippen LogP contribution in [-0.2, 0) is 9.59 Å². The quantitative estimate of drug-likeness (QED) is 0.722. The third-order valence-electron chi connectivity index (χ3n) is 3.63. The SMILES string of the molecule is O=C(CCNC(=O)c1ccco1)NC1(C(=O)O)CCCC1. The summed E-state index contributed by atoms with van der Waals surface area (Å²) in [6.07, 6.45) is 3.91. The van der Waals surface area contributed by atoms with Crippen LogP contribution in [0.5, 0.6) is 0 Å². The molecular weight excluding hydrogens is 276 g/mol. The molecule has 1 aliphatic carbocycles. The molecule has 2 rings (SSSR count). The maximum Gasteiger partial charge on any atom is 0.329 e. The van der Waals surface area contributed by atoms with Crippen molar-refractivity contribution >= 4 is 17.8 Å². The van der Waals surface area contributed by atoms with Crippen LogP contribution in [0.1, 0.15) is 42.7 Å². The van der Waals surface area contributed by atoms with Crippen LogP contribution in [-0.4, -0.2) is 35.0 Å². The number of furan rings is 1. The minimum absolute atomic E-state index is 0.0292. The molecule has 1 aromatic rings. The van der Waals surface area contributed by atoms with Crippen molar-refractivity contribution < 1.29 is 23.9 Å². The van der Waals surface area contributed by atoms with E-state index in [1.165, 1.54) is 12.3 Å².